The van der Waals surface area contributed by atoms with Crippen molar-refractivity contribution >= 4 is 47.6 Å². The molecule has 1 aliphatic rings. The summed E-state index contributed by atoms with van der Waals surface area (Å²) in [6.45, 7) is 4.10. The van der Waals surface area contributed by atoms with Crippen LogP contribution in [0.3, 0.4) is 0 Å². The van der Waals surface area contributed by atoms with Crippen LogP contribution in [-0.2, 0) is 85.3 Å². The van der Waals surface area contributed by atoms with Crippen LogP contribution < -0.4 is 15.4 Å². The van der Waals surface area contributed by atoms with Crippen molar-refractivity contribution in [2.45, 2.75) is 122 Å². The van der Waals surface area contributed by atoms with Gasteiger partial charge in [-0.2, -0.15) is 0 Å². The Morgan fingerprint density at radius 2 is 1.65 bits per heavy atom. The summed E-state index contributed by atoms with van der Waals surface area (Å²) in [5, 5.41) is 13.6. The Bertz CT molecular complexity index is 1910. The number of benzene rings is 1. The second-order valence-corrected chi connectivity index (χ2v) is 13.8. The molecule has 326 valence electrons. The zero-order valence-electron chi connectivity index (χ0n) is 34.4. The Morgan fingerprint density at radius 3 is 2.28 bits per heavy atom. The van der Waals surface area contributed by atoms with E-state index in [1.165, 1.54) is 25.3 Å². The van der Waals surface area contributed by atoms with Gasteiger partial charge in [0, 0.05) is 47.5 Å². The van der Waals surface area contributed by atoms with Crippen LogP contribution in [0.4, 0.5) is 0 Å². The predicted molar refractivity (Wildman–Crippen MR) is 205 cm³/mol. The molecule has 1 aliphatic heterocycles. The Balaban J connectivity index is 2.13. The third-order valence-corrected chi connectivity index (χ3v) is 8.87. The number of hydrogen-bond acceptors (Lipinski definition) is 17. The van der Waals surface area contributed by atoms with E-state index in [2.05, 4.69) is 26.9 Å². The summed E-state index contributed by atoms with van der Waals surface area (Å²) in [5.41, 5.74) is -1.43. The minimum absolute atomic E-state index is 0.198. The lowest BCUT2D eigenvalue weighted by molar-refractivity contribution is -0.265. The number of nitrogens with one attached hydrogen (secondary N) is 2. The normalized spacial score (nSPS) is 19.2. The van der Waals surface area contributed by atoms with E-state index in [9.17, 15) is 38.4 Å². The third-order valence-electron chi connectivity index (χ3n) is 8.87. The van der Waals surface area contributed by atoms with Crippen LogP contribution in [0.5, 0.6) is 5.75 Å². The molecule has 20 heteroatoms. The zero-order chi connectivity index (χ0) is 44.4. The minimum atomic E-state index is -2.33. The lowest BCUT2D eigenvalue weighted by Crippen LogP contribution is -2.69. The first-order chi connectivity index (χ1) is 28.5. The predicted octanol–water partition coefficient (Wildman–Crippen LogP) is 1.15. The molecular formula is C40H51N5O15. The van der Waals surface area contributed by atoms with Gasteiger partial charge in [0.25, 0.3) is 11.6 Å². The van der Waals surface area contributed by atoms with Crippen molar-refractivity contribution in [1.82, 2.24) is 25.6 Å². The largest absolute Gasteiger partial charge is 0.465 e. The molecule has 1 saturated heterocycles. The monoisotopic (exact) mass is 841 g/mol. The molecule has 6 atom stereocenters. The summed E-state index contributed by atoms with van der Waals surface area (Å²) < 4.78 is 39.8. The van der Waals surface area contributed by atoms with E-state index in [1.54, 1.807) is 12.1 Å². The lowest BCUT2D eigenvalue weighted by Gasteiger charge is -2.48. The third kappa shape index (κ3) is 14.8. The van der Waals surface area contributed by atoms with E-state index in [-0.39, 0.29) is 12.2 Å². The first-order valence-corrected chi connectivity index (χ1v) is 19.1. The molecule has 0 saturated carbocycles. The van der Waals surface area contributed by atoms with Gasteiger partial charge in [-0.25, -0.2) is 9.48 Å². The molecule has 1 fully saturated rings. The molecule has 20 nitrogen and oxygen atoms in total. The van der Waals surface area contributed by atoms with Crippen LogP contribution in [-0.4, -0.2) is 113 Å². The van der Waals surface area contributed by atoms with Crippen LogP contribution in [0.2, 0.25) is 0 Å². The molecule has 0 bridgehead atoms. The van der Waals surface area contributed by atoms with E-state index in [4.69, 9.17) is 39.6 Å². The van der Waals surface area contributed by atoms with Crippen molar-refractivity contribution in [2.75, 3.05) is 20.3 Å². The van der Waals surface area contributed by atoms with Gasteiger partial charge in [0.1, 0.15) is 18.0 Å². The summed E-state index contributed by atoms with van der Waals surface area (Å²) in [5.74, 6) is -3.90. The number of nitrogens with zero attached hydrogens (tertiary/aromatic N) is 3. The molecule has 2 N–H and O–H groups in total. The Kier molecular flexibility index (Phi) is 18.6. The number of ether oxygens (including phenoxy) is 7. The highest BCUT2D eigenvalue weighted by molar-refractivity contribution is 5.81. The summed E-state index contributed by atoms with van der Waals surface area (Å²) >= 11 is 0. The maximum absolute atomic E-state index is 14.0. The first-order valence-electron chi connectivity index (χ1n) is 19.1. The fourth-order valence-corrected chi connectivity index (χ4v) is 6.47. The average molecular weight is 842 g/mol. The minimum Gasteiger partial charge on any atom is -0.465 e. The Labute approximate surface area is 346 Å². The second-order valence-electron chi connectivity index (χ2n) is 13.8. The number of carbonyl (C=O) groups excluding carboxylic acids is 8. The standard InChI is InChI=1S/C40H51N5O15/c1-8-9-10-11-12-13-16-30-22-45(44-43-30)40(39(53)54-7)20-32(57-26(4)48)36(42-35(52)23-55-24(2)46)38(60-40)37(59-28(6)50)33(58-27(5)49)21-41-34(51)19-29-15-14-17-31(18-29)56-25(3)47/h1,14-15,17-18,22,32-33,36-38H,9-13,16,19-21,23H2,2-7H3,(H,41,51)(H,42,52)/t32-,33+,36+,37+,38+,40+/m0/s1. The number of unbranched alkanes of at least 4 members (excludes halogenated alkanes) is 4. The van der Waals surface area contributed by atoms with Gasteiger partial charge in [-0.1, -0.05) is 30.2 Å². The molecule has 2 aromatic rings. The molecular weight excluding hydrogens is 790 g/mol. The smallest absolute Gasteiger partial charge is 0.361 e. The van der Waals surface area contributed by atoms with E-state index in [0.717, 1.165) is 58.7 Å². The van der Waals surface area contributed by atoms with Crippen LogP contribution >= 0.6 is 0 Å². The summed E-state index contributed by atoms with van der Waals surface area (Å²) in [4.78, 5) is 102. The number of aromatic nitrogens is 3. The van der Waals surface area contributed by atoms with Crippen molar-refractivity contribution in [1.29, 1.82) is 0 Å². The topological polar surface area (TPSA) is 256 Å². The van der Waals surface area contributed by atoms with Crippen LogP contribution in [0.15, 0.2) is 30.5 Å². The molecule has 3 rings (SSSR count). The number of esters is 6. The van der Waals surface area contributed by atoms with Crippen molar-refractivity contribution in [2.24, 2.45) is 0 Å². The average Bonchev–Trinajstić information content (AvgIpc) is 3.65. The maximum Gasteiger partial charge on any atom is 0.361 e. The summed E-state index contributed by atoms with van der Waals surface area (Å²) in [7, 11) is 1.06. The first kappa shape index (κ1) is 48.0. The SMILES string of the molecule is C#CCCCCCCc1cn([C@]2(C(=O)OC)C[C@H](OC(C)=O)[C@@H](NC(=O)COC(C)=O)[C@H]([C@H](OC(C)=O)[C@@H](CNC(=O)Cc3cccc(OC(C)=O)c3)OC(C)=O)O2)nn1. The Hall–Kier alpha value is -6.36. The fourth-order valence-electron chi connectivity index (χ4n) is 6.47. The molecule has 60 heavy (non-hydrogen) atoms. The van der Waals surface area contributed by atoms with Gasteiger partial charge in [-0.05, 0) is 37.0 Å². The molecule has 0 aliphatic carbocycles. The van der Waals surface area contributed by atoms with E-state index < -0.39 is 103 Å². The van der Waals surface area contributed by atoms with Crippen molar-refractivity contribution in [3.63, 3.8) is 0 Å². The molecule has 0 spiro atoms. The van der Waals surface area contributed by atoms with Crippen LogP contribution in [0, 0.1) is 12.3 Å². The zero-order valence-corrected chi connectivity index (χ0v) is 34.4. The lowest BCUT2D eigenvalue weighted by atomic mass is 9.86. The van der Waals surface area contributed by atoms with Crippen LogP contribution in [0.25, 0.3) is 0 Å². The maximum atomic E-state index is 14.0. The van der Waals surface area contributed by atoms with Crippen LogP contribution in [0.1, 0.15) is 84.4 Å². The van der Waals surface area contributed by atoms with Crippen molar-refractivity contribution < 1.29 is 71.5 Å². The van der Waals surface area contributed by atoms with E-state index in [1.807, 2.05) is 0 Å². The molecule has 2 heterocycles. The molecule has 0 unspecified atom stereocenters. The number of amides is 2. The number of methoxy groups -OCH3 is 1. The number of terminal acetylenes is 1. The van der Waals surface area contributed by atoms with Gasteiger partial charge in [0.05, 0.1) is 38.0 Å². The van der Waals surface area contributed by atoms with Gasteiger partial charge in [-0.15, -0.1) is 17.4 Å². The number of rotatable bonds is 21. The summed E-state index contributed by atoms with van der Waals surface area (Å²) in [6.07, 6.45) is 3.67. The Morgan fingerprint density at radius 1 is 0.933 bits per heavy atom. The van der Waals surface area contributed by atoms with E-state index in [0.29, 0.717) is 30.5 Å². The second kappa shape index (κ2) is 23.3. The molecule has 1 aromatic carbocycles. The van der Waals surface area contributed by atoms with Crippen molar-refractivity contribution in [3.8, 4) is 18.1 Å². The number of hydrogen-bond donors (Lipinski definition) is 2. The number of carbonyl (C=O) groups is 8. The molecule has 2 amide bonds. The van der Waals surface area contributed by atoms with Gasteiger partial charge in [0.2, 0.25) is 5.91 Å². The fraction of sp³-hybridized carbons (Fsp3) is 0.550. The van der Waals surface area contributed by atoms with Gasteiger partial charge >= 0.3 is 35.8 Å². The highest BCUT2D eigenvalue weighted by atomic mass is 16.6. The quantitative estimate of drug-likeness (QED) is 0.0587. The highest BCUT2D eigenvalue weighted by Gasteiger charge is 2.60. The highest BCUT2D eigenvalue weighted by Crippen LogP contribution is 2.39. The summed E-state index contributed by atoms with van der Waals surface area (Å²) in [6, 6.07) is 4.65. The molecule has 0 radical (unpaired) electrons. The number of aryl methyl sites for hydroxylation is 1. The van der Waals surface area contributed by atoms with Gasteiger partial charge < -0.3 is 43.8 Å². The molecule has 1 aromatic heterocycles. The van der Waals surface area contributed by atoms with E-state index >= 15 is 0 Å². The van der Waals surface area contributed by atoms with Crippen molar-refractivity contribution in [3.05, 3.63) is 41.7 Å². The van der Waals surface area contributed by atoms with Gasteiger partial charge in [0.15, 0.2) is 18.8 Å². The van der Waals surface area contributed by atoms with Gasteiger partial charge in [-0.3, -0.25) is 33.6 Å².